The Labute approximate surface area is 184 Å². The number of aromatic nitrogens is 2. The molecular weight excluding hydrogens is 419 g/mol. The zero-order valence-electron chi connectivity index (χ0n) is 18.4. The van der Waals surface area contributed by atoms with Gasteiger partial charge in [-0.15, -0.1) is 5.10 Å². The fourth-order valence-corrected chi connectivity index (χ4v) is 2.97. The van der Waals surface area contributed by atoms with Gasteiger partial charge < -0.3 is 21.2 Å². The Morgan fingerprint density at radius 3 is 2.75 bits per heavy atom. The highest BCUT2D eigenvalue weighted by molar-refractivity contribution is 6.35. The largest absolute Gasteiger partial charge is 0.473 e. The number of carbonyl (C=O) groups is 2. The normalized spacial score (nSPS) is 14.2. The van der Waals surface area contributed by atoms with Crippen LogP contribution in [0, 0.1) is 0 Å². The highest BCUT2D eigenvalue weighted by atomic mass is 19.1. The lowest BCUT2D eigenvalue weighted by Gasteiger charge is -2.27. The number of carbonyl (C=O) groups excluding carboxylic acids is 2. The molecule has 0 unspecified atom stereocenters. The van der Waals surface area contributed by atoms with Gasteiger partial charge in [-0.3, -0.25) is 19.0 Å². The van der Waals surface area contributed by atoms with E-state index in [-0.39, 0.29) is 36.4 Å². The predicted molar refractivity (Wildman–Crippen MR) is 117 cm³/mol. The maximum atomic E-state index is 13.3. The summed E-state index contributed by atoms with van der Waals surface area (Å²) in [5.74, 6) is 3.35. The minimum absolute atomic E-state index is 0.116. The van der Waals surface area contributed by atoms with Crippen molar-refractivity contribution in [2.45, 2.75) is 32.7 Å². The average Bonchev–Trinajstić information content (AvgIpc) is 2.95. The van der Waals surface area contributed by atoms with Crippen LogP contribution >= 0.6 is 0 Å². The Hall–Kier alpha value is -3.76. The first kappa shape index (κ1) is 24.5. The summed E-state index contributed by atoms with van der Waals surface area (Å²) in [7, 11) is 1.48. The van der Waals surface area contributed by atoms with Gasteiger partial charge in [0.25, 0.3) is 17.4 Å². The van der Waals surface area contributed by atoms with E-state index in [9.17, 15) is 18.8 Å². The van der Waals surface area contributed by atoms with Crippen LogP contribution in [0.25, 0.3) is 0 Å². The molecule has 11 heteroatoms. The first-order chi connectivity index (χ1) is 15.1. The number of nitrogens with zero attached hydrogens (tertiary/aromatic N) is 3. The highest BCUT2D eigenvalue weighted by Crippen LogP contribution is 2.17. The Morgan fingerprint density at radius 1 is 1.38 bits per heavy atom. The summed E-state index contributed by atoms with van der Waals surface area (Å²) in [5, 5.41) is 8.64. The molecule has 0 radical (unpaired) electrons. The molecule has 32 heavy (non-hydrogen) atoms. The molecule has 1 aromatic heterocycles. The molecule has 0 aromatic carbocycles. The number of amides is 2. The molecule has 0 bridgehead atoms. The lowest BCUT2D eigenvalue weighted by Crippen LogP contribution is -2.48. The van der Waals surface area contributed by atoms with Crippen LogP contribution in [0.1, 0.15) is 43.5 Å². The fourth-order valence-electron chi connectivity index (χ4n) is 2.97. The lowest BCUT2D eigenvalue weighted by atomic mass is 10.0. The number of rotatable bonds is 6. The van der Waals surface area contributed by atoms with Gasteiger partial charge in [0.05, 0.1) is 12.1 Å². The number of allylic oxidation sites excluding steroid dienone is 5. The van der Waals surface area contributed by atoms with E-state index in [1.54, 1.807) is 32.9 Å². The van der Waals surface area contributed by atoms with E-state index in [1.165, 1.54) is 23.8 Å². The van der Waals surface area contributed by atoms with Crippen molar-refractivity contribution in [1.29, 1.82) is 0 Å². The first-order valence-electron chi connectivity index (χ1n) is 9.90. The fraction of sp³-hybridized carbons (Fsp3) is 0.381. The van der Waals surface area contributed by atoms with Crippen molar-refractivity contribution in [3.63, 3.8) is 0 Å². The molecule has 2 amide bonds. The number of hydrogen-bond acceptors (Lipinski definition) is 7. The van der Waals surface area contributed by atoms with Crippen molar-refractivity contribution in [2.75, 3.05) is 13.2 Å². The number of hydrazone groups is 1. The molecule has 4 N–H and O–H groups in total. The number of nitrogens with two attached hydrogens (primary N) is 1. The Morgan fingerprint density at radius 2 is 2.09 bits per heavy atom. The Balaban J connectivity index is 2.24. The Kier molecular flexibility index (Phi) is 8.05. The predicted octanol–water partition coefficient (Wildman–Crippen LogP) is 0.910. The molecule has 10 nitrogen and oxygen atoms in total. The molecule has 0 atom stereocenters. The summed E-state index contributed by atoms with van der Waals surface area (Å²) in [4.78, 5) is 41.8. The van der Waals surface area contributed by atoms with Crippen LogP contribution in [0.5, 0.6) is 0 Å². The summed E-state index contributed by atoms with van der Waals surface area (Å²) < 4.78 is 19.6. The van der Waals surface area contributed by atoms with Crippen molar-refractivity contribution in [2.24, 2.45) is 18.0 Å². The van der Waals surface area contributed by atoms with Gasteiger partial charge in [-0.05, 0) is 44.9 Å². The van der Waals surface area contributed by atoms with Crippen LogP contribution in [-0.2, 0) is 22.1 Å². The minimum atomic E-state index is -1.18. The SMILES string of the molecule is CCO/C(=N\N)C(=O)NC(C)(C)c1nc(C(=O)NCC2=CC=C(F)C=CC2)cc(=O)n1C. The van der Waals surface area contributed by atoms with Crippen LogP contribution in [0.2, 0.25) is 0 Å². The topological polar surface area (TPSA) is 141 Å². The van der Waals surface area contributed by atoms with E-state index in [0.29, 0.717) is 6.42 Å². The second-order valence-corrected chi connectivity index (χ2v) is 7.47. The second-order valence-electron chi connectivity index (χ2n) is 7.47. The van der Waals surface area contributed by atoms with E-state index in [2.05, 4.69) is 20.7 Å². The second kappa shape index (κ2) is 10.5. The molecule has 0 saturated carbocycles. The molecule has 1 aliphatic carbocycles. The van der Waals surface area contributed by atoms with Crippen LogP contribution < -0.4 is 22.0 Å². The first-order valence-corrected chi connectivity index (χ1v) is 9.90. The molecule has 0 spiro atoms. The third kappa shape index (κ3) is 6.13. The molecule has 2 rings (SSSR count). The van der Waals surface area contributed by atoms with E-state index < -0.39 is 22.9 Å². The molecule has 1 aromatic rings. The van der Waals surface area contributed by atoms with Gasteiger partial charge in [0, 0.05) is 19.7 Å². The summed E-state index contributed by atoms with van der Waals surface area (Å²) in [6.45, 7) is 5.23. The van der Waals surface area contributed by atoms with Crippen molar-refractivity contribution in [3.05, 3.63) is 63.6 Å². The molecule has 1 heterocycles. The van der Waals surface area contributed by atoms with Crippen molar-refractivity contribution < 1.29 is 18.7 Å². The van der Waals surface area contributed by atoms with Gasteiger partial charge in [0.1, 0.15) is 17.3 Å². The molecule has 0 saturated heterocycles. The van der Waals surface area contributed by atoms with E-state index in [4.69, 9.17) is 10.6 Å². The number of hydrogen-bond donors (Lipinski definition) is 3. The quantitative estimate of drug-likeness (QED) is 0.257. The minimum Gasteiger partial charge on any atom is -0.473 e. The maximum Gasteiger partial charge on any atom is 0.309 e. The summed E-state index contributed by atoms with van der Waals surface area (Å²) in [6, 6.07) is 1.10. The van der Waals surface area contributed by atoms with Gasteiger partial charge >= 0.3 is 5.91 Å². The van der Waals surface area contributed by atoms with Gasteiger partial charge in [-0.1, -0.05) is 12.2 Å². The van der Waals surface area contributed by atoms with Crippen LogP contribution in [0.4, 0.5) is 4.39 Å². The standard InChI is InChI=1S/C21H27FN6O4/c1-5-32-19(27-23)18(31)26-21(2,3)20-25-15(11-16(29)28(20)4)17(30)24-12-13-7-6-8-14(22)10-9-13/h6,8-11H,5,7,12,23H2,1-4H3,(H,24,30)(H,26,31)/b27-19-. The maximum absolute atomic E-state index is 13.3. The Bertz CT molecular complexity index is 1070. The van der Waals surface area contributed by atoms with Gasteiger partial charge in [-0.2, -0.15) is 0 Å². The molecule has 1 aliphatic rings. The van der Waals surface area contributed by atoms with Crippen LogP contribution in [0.3, 0.4) is 0 Å². The van der Waals surface area contributed by atoms with Crippen molar-refractivity contribution in [3.8, 4) is 0 Å². The molecule has 0 aliphatic heterocycles. The zero-order chi connectivity index (χ0) is 23.9. The average molecular weight is 446 g/mol. The van der Waals surface area contributed by atoms with E-state index in [0.717, 1.165) is 11.6 Å². The highest BCUT2D eigenvalue weighted by Gasteiger charge is 2.31. The zero-order valence-corrected chi connectivity index (χ0v) is 18.4. The summed E-state index contributed by atoms with van der Waals surface area (Å²) in [5.41, 5.74) is -0.995. The molecular formula is C21H27FN6O4. The van der Waals surface area contributed by atoms with Crippen molar-refractivity contribution >= 4 is 17.7 Å². The van der Waals surface area contributed by atoms with Crippen molar-refractivity contribution in [1.82, 2.24) is 20.2 Å². The molecule has 0 fully saturated rings. The smallest absolute Gasteiger partial charge is 0.309 e. The summed E-state index contributed by atoms with van der Waals surface area (Å²) >= 11 is 0. The van der Waals surface area contributed by atoms with Gasteiger partial charge in [-0.25, -0.2) is 9.37 Å². The van der Waals surface area contributed by atoms with E-state index >= 15 is 0 Å². The number of nitrogens with one attached hydrogen (secondary N) is 2. The lowest BCUT2D eigenvalue weighted by molar-refractivity contribution is -0.118. The third-order valence-corrected chi connectivity index (χ3v) is 4.56. The number of halogens is 1. The van der Waals surface area contributed by atoms with E-state index in [1.807, 2.05) is 0 Å². The molecule has 172 valence electrons. The summed E-state index contributed by atoms with van der Waals surface area (Å²) in [6.07, 6.45) is 6.38. The van der Waals surface area contributed by atoms with Crippen LogP contribution in [-0.4, -0.2) is 40.4 Å². The van der Waals surface area contributed by atoms with Crippen LogP contribution in [0.15, 0.2) is 51.7 Å². The third-order valence-electron chi connectivity index (χ3n) is 4.56. The van der Waals surface area contributed by atoms with Gasteiger partial charge in [0.2, 0.25) is 0 Å². The monoisotopic (exact) mass is 446 g/mol. The van der Waals surface area contributed by atoms with Gasteiger partial charge in [0.15, 0.2) is 0 Å². The number of ether oxygens (including phenoxy) is 1.